The summed E-state index contributed by atoms with van der Waals surface area (Å²) in [7, 11) is -3.46. The molecule has 0 aliphatic rings. The summed E-state index contributed by atoms with van der Waals surface area (Å²) >= 11 is 1.01. The van der Waals surface area contributed by atoms with Gasteiger partial charge in [0.2, 0.25) is 4.08 Å². The third kappa shape index (κ3) is 2.42. The summed E-state index contributed by atoms with van der Waals surface area (Å²) in [5, 5.41) is 0. The van der Waals surface area contributed by atoms with Gasteiger partial charge in [-0.2, -0.15) is 0 Å². The molecule has 0 aromatic rings. The van der Waals surface area contributed by atoms with Crippen LogP contribution in [-0.4, -0.2) is 37.6 Å². The van der Waals surface area contributed by atoms with E-state index in [1.807, 2.05) is 0 Å². The second-order valence-electron chi connectivity index (χ2n) is 2.80. The van der Waals surface area contributed by atoms with E-state index in [1.165, 1.54) is 0 Å². The standard InChI is InChI=1S/C8H16O4S2/c1-5-8(13-3,14(4,10)11)7(9)12-6-2/h5-6H2,1-4H3. The quantitative estimate of drug-likeness (QED) is 0.673. The van der Waals surface area contributed by atoms with Gasteiger partial charge in [0.15, 0.2) is 9.84 Å². The molecular formula is C8H16O4S2. The fraction of sp³-hybridized carbons (Fsp3) is 0.875. The van der Waals surface area contributed by atoms with E-state index in [9.17, 15) is 13.2 Å². The Balaban J connectivity index is 5.19. The highest BCUT2D eigenvalue weighted by molar-refractivity contribution is 8.15. The Hall–Kier alpha value is -0.230. The van der Waals surface area contributed by atoms with Crippen molar-refractivity contribution in [2.75, 3.05) is 19.1 Å². The molecule has 0 aromatic heterocycles. The number of thioether (sulfide) groups is 1. The Bertz CT molecular complexity index is 290. The zero-order chi connectivity index (χ0) is 11.4. The largest absolute Gasteiger partial charge is 0.464 e. The third-order valence-electron chi connectivity index (χ3n) is 1.98. The smallest absolute Gasteiger partial charge is 0.337 e. The lowest BCUT2D eigenvalue weighted by Crippen LogP contribution is -2.43. The molecule has 0 rings (SSSR count). The van der Waals surface area contributed by atoms with Crippen LogP contribution in [0.3, 0.4) is 0 Å². The molecule has 0 fully saturated rings. The molecule has 0 aliphatic carbocycles. The maximum absolute atomic E-state index is 11.6. The minimum absolute atomic E-state index is 0.191. The molecule has 0 spiro atoms. The van der Waals surface area contributed by atoms with Crippen molar-refractivity contribution in [3.05, 3.63) is 0 Å². The van der Waals surface area contributed by atoms with E-state index in [-0.39, 0.29) is 13.0 Å². The molecule has 0 N–H and O–H groups in total. The number of hydrogen-bond donors (Lipinski definition) is 0. The first-order chi connectivity index (χ1) is 6.35. The van der Waals surface area contributed by atoms with Crippen LogP contribution in [0.4, 0.5) is 0 Å². The van der Waals surface area contributed by atoms with Crippen molar-refractivity contribution in [3.8, 4) is 0 Å². The van der Waals surface area contributed by atoms with Crippen molar-refractivity contribution in [1.82, 2.24) is 0 Å². The van der Waals surface area contributed by atoms with E-state index in [1.54, 1.807) is 20.1 Å². The van der Waals surface area contributed by atoms with Gasteiger partial charge < -0.3 is 4.74 Å². The number of carbonyl (C=O) groups excluding carboxylic acids is 1. The number of esters is 1. The molecule has 0 aliphatic heterocycles. The molecule has 0 aromatic carbocycles. The maximum Gasteiger partial charge on any atom is 0.337 e. The summed E-state index contributed by atoms with van der Waals surface area (Å²) in [5.41, 5.74) is 0. The molecular weight excluding hydrogens is 224 g/mol. The lowest BCUT2D eigenvalue weighted by molar-refractivity contribution is -0.143. The van der Waals surface area contributed by atoms with E-state index < -0.39 is 19.9 Å². The Morgan fingerprint density at radius 3 is 2.14 bits per heavy atom. The van der Waals surface area contributed by atoms with E-state index in [0.717, 1.165) is 18.0 Å². The zero-order valence-electron chi connectivity index (χ0n) is 8.86. The molecule has 1 atom stereocenters. The molecule has 0 saturated carbocycles. The summed E-state index contributed by atoms with van der Waals surface area (Å²) in [5.74, 6) is -0.669. The maximum atomic E-state index is 11.6. The van der Waals surface area contributed by atoms with Gasteiger partial charge in [0, 0.05) is 6.26 Å². The van der Waals surface area contributed by atoms with Crippen LogP contribution < -0.4 is 0 Å². The van der Waals surface area contributed by atoms with E-state index in [2.05, 4.69) is 0 Å². The summed E-state index contributed by atoms with van der Waals surface area (Å²) in [4.78, 5) is 11.6. The first kappa shape index (κ1) is 13.8. The average Bonchev–Trinajstić information content (AvgIpc) is 2.05. The highest BCUT2D eigenvalue weighted by Crippen LogP contribution is 2.33. The number of ether oxygens (including phenoxy) is 1. The van der Waals surface area contributed by atoms with Gasteiger partial charge in [0.1, 0.15) is 0 Å². The van der Waals surface area contributed by atoms with Gasteiger partial charge >= 0.3 is 5.97 Å². The van der Waals surface area contributed by atoms with Crippen molar-refractivity contribution in [3.63, 3.8) is 0 Å². The Kier molecular flexibility index (Phi) is 4.94. The van der Waals surface area contributed by atoms with Crippen LogP contribution in [0.2, 0.25) is 0 Å². The van der Waals surface area contributed by atoms with Gasteiger partial charge in [0.05, 0.1) is 6.61 Å². The van der Waals surface area contributed by atoms with Crippen LogP contribution in [0.5, 0.6) is 0 Å². The van der Waals surface area contributed by atoms with Crippen LogP contribution in [-0.2, 0) is 19.4 Å². The molecule has 0 heterocycles. The number of hydrogen-bond acceptors (Lipinski definition) is 5. The molecule has 0 radical (unpaired) electrons. The normalized spacial score (nSPS) is 16.0. The fourth-order valence-electron chi connectivity index (χ4n) is 1.18. The van der Waals surface area contributed by atoms with Crippen LogP contribution in [0.25, 0.3) is 0 Å². The van der Waals surface area contributed by atoms with Gasteiger partial charge in [-0.1, -0.05) is 6.92 Å². The van der Waals surface area contributed by atoms with Crippen molar-refractivity contribution in [2.45, 2.75) is 24.3 Å². The van der Waals surface area contributed by atoms with Gasteiger partial charge in [-0.25, -0.2) is 13.2 Å². The van der Waals surface area contributed by atoms with Crippen LogP contribution in [0.15, 0.2) is 0 Å². The van der Waals surface area contributed by atoms with Crippen molar-refractivity contribution in [1.29, 1.82) is 0 Å². The molecule has 0 amide bonds. The number of sulfone groups is 1. The Morgan fingerprint density at radius 2 is 1.93 bits per heavy atom. The SMILES string of the molecule is CCOC(=O)C(CC)(SC)S(C)(=O)=O. The molecule has 4 nitrogen and oxygen atoms in total. The predicted molar refractivity (Wildman–Crippen MR) is 58.0 cm³/mol. The number of rotatable bonds is 5. The summed E-state index contributed by atoms with van der Waals surface area (Å²) in [6, 6.07) is 0. The van der Waals surface area contributed by atoms with Crippen molar-refractivity contribution in [2.24, 2.45) is 0 Å². The first-order valence-electron chi connectivity index (χ1n) is 4.27. The Morgan fingerprint density at radius 1 is 1.43 bits per heavy atom. The first-order valence-corrected chi connectivity index (χ1v) is 7.39. The molecule has 84 valence electrons. The Labute approximate surface area is 89.3 Å². The third-order valence-corrected chi connectivity index (χ3v) is 6.16. The fourth-order valence-corrected chi connectivity index (χ4v) is 3.79. The topological polar surface area (TPSA) is 60.4 Å². The summed E-state index contributed by atoms with van der Waals surface area (Å²) in [6.07, 6.45) is 2.87. The lowest BCUT2D eigenvalue weighted by Gasteiger charge is -2.25. The second-order valence-corrected chi connectivity index (χ2v) is 6.41. The molecule has 0 bridgehead atoms. The van der Waals surface area contributed by atoms with Crippen molar-refractivity contribution >= 4 is 27.6 Å². The number of carbonyl (C=O) groups is 1. The highest BCUT2D eigenvalue weighted by Gasteiger charge is 2.47. The van der Waals surface area contributed by atoms with Gasteiger partial charge in [0.25, 0.3) is 0 Å². The molecule has 0 saturated heterocycles. The minimum Gasteiger partial charge on any atom is -0.464 e. The average molecular weight is 240 g/mol. The monoisotopic (exact) mass is 240 g/mol. The van der Waals surface area contributed by atoms with E-state index in [0.29, 0.717) is 0 Å². The van der Waals surface area contributed by atoms with Gasteiger partial charge in [-0.15, -0.1) is 11.8 Å². The molecule has 14 heavy (non-hydrogen) atoms. The molecule has 6 heteroatoms. The lowest BCUT2D eigenvalue weighted by atomic mass is 10.3. The van der Waals surface area contributed by atoms with Gasteiger partial charge in [-0.3, -0.25) is 0 Å². The van der Waals surface area contributed by atoms with Crippen LogP contribution in [0, 0.1) is 0 Å². The van der Waals surface area contributed by atoms with Gasteiger partial charge in [-0.05, 0) is 19.6 Å². The van der Waals surface area contributed by atoms with Crippen molar-refractivity contribution < 1.29 is 17.9 Å². The van der Waals surface area contributed by atoms with Crippen LogP contribution in [0.1, 0.15) is 20.3 Å². The molecule has 1 unspecified atom stereocenters. The summed E-state index contributed by atoms with van der Waals surface area (Å²) in [6.45, 7) is 3.51. The second kappa shape index (κ2) is 5.02. The predicted octanol–water partition coefficient (Wildman–Crippen LogP) is 1.06. The minimum atomic E-state index is -3.46. The van der Waals surface area contributed by atoms with Crippen LogP contribution >= 0.6 is 11.8 Å². The zero-order valence-corrected chi connectivity index (χ0v) is 10.5. The van der Waals surface area contributed by atoms with E-state index >= 15 is 0 Å². The summed E-state index contributed by atoms with van der Waals surface area (Å²) < 4.78 is 26.4. The van der Waals surface area contributed by atoms with E-state index in [4.69, 9.17) is 4.74 Å². The highest BCUT2D eigenvalue weighted by atomic mass is 32.3.